The Morgan fingerprint density at radius 3 is 2.62 bits per heavy atom. The number of nitrogens with zero attached hydrogens (tertiary/aromatic N) is 1. The molecule has 3 atom stereocenters. The van der Waals surface area contributed by atoms with Crippen molar-refractivity contribution in [1.29, 1.82) is 0 Å². The van der Waals surface area contributed by atoms with Gasteiger partial charge >= 0.3 is 13.5 Å². The quantitative estimate of drug-likeness (QED) is 0.479. The van der Waals surface area contributed by atoms with Crippen LogP contribution in [0.4, 0.5) is 4.39 Å². The highest BCUT2D eigenvalue weighted by Gasteiger charge is 2.32. The number of unbranched alkanes of at least 4 members (excludes halogenated alkanes) is 2. The van der Waals surface area contributed by atoms with Gasteiger partial charge in [-0.2, -0.15) is 4.39 Å². The van der Waals surface area contributed by atoms with E-state index in [1.54, 1.807) is 0 Å². The van der Waals surface area contributed by atoms with Crippen molar-refractivity contribution in [2.45, 2.75) is 83.6 Å². The number of halogens is 1. The molecule has 0 spiro atoms. The molecule has 29 heavy (non-hydrogen) atoms. The van der Waals surface area contributed by atoms with Crippen LogP contribution >= 0.6 is 7.82 Å². The Labute approximate surface area is 170 Å². The van der Waals surface area contributed by atoms with Crippen LogP contribution in [0, 0.1) is 5.82 Å². The van der Waals surface area contributed by atoms with Crippen molar-refractivity contribution in [2.24, 2.45) is 0 Å². The molecular weight excluding hydrogens is 406 g/mol. The topological polar surface area (TPSA) is 120 Å². The Morgan fingerprint density at radius 2 is 2.00 bits per heavy atom. The Hall–Kier alpha value is -1.32. The molecule has 0 amide bonds. The van der Waals surface area contributed by atoms with Crippen molar-refractivity contribution in [3.63, 3.8) is 0 Å². The minimum atomic E-state index is -4.25. The Balaban J connectivity index is 0.00000450. The van der Waals surface area contributed by atoms with Crippen molar-refractivity contribution >= 4 is 7.82 Å². The van der Waals surface area contributed by atoms with E-state index in [9.17, 15) is 23.4 Å². The van der Waals surface area contributed by atoms with Crippen molar-refractivity contribution in [3.05, 3.63) is 32.9 Å². The van der Waals surface area contributed by atoms with Crippen LogP contribution in [-0.4, -0.2) is 33.3 Å². The lowest BCUT2D eigenvalue weighted by Crippen LogP contribution is -2.34. The molecule has 1 unspecified atom stereocenters. The number of phosphoric ester groups is 1. The van der Waals surface area contributed by atoms with Crippen LogP contribution in [0.5, 0.6) is 0 Å². The third-order valence-electron chi connectivity index (χ3n) is 4.78. The maximum Gasteiger partial charge on any atom is 0.472 e. The predicted molar refractivity (Wildman–Crippen MR) is 106 cm³/mol. The first-order valence-corrected chi connectivity index (χ1v) is 11.6. The number of nitrogens with one attached hydrogen (secondary N) is 1. The van der Waals surface area contributed by atoms with Gasteiger partial charge in [0, 0.05) is 1.43 Å². The van der Waals surface area contributed by atoms with Crippen LogP contribution in [-0.2, 0) is 18.3 Å². The number of ether oxygens (including phenoxy) is 1. The van der Waals surface area contributed by atoms with Gasteiger partial charge in [-0.05, 0) is 25.7 Å². The van der Waals surface area contributed by atoms with Gasteiger partial charge in [0.05, 0.1) is 25.0 Å². The average Bonchev–Trinajstić information content (AvgIpc) is 3.14. The summed E-state index contributed by atoms with van der Waals surface area (Å²) in [6, 6.07) is 0. The molecule has 2 heterocycles. The molecule has 1 aliphatic rings. The van der Waals surface area contributed by atoms with E-state index in [2.05, 4.69) is 0 Å². The van der Waals surface area contributed by atoms with Gasteiger partial charge in [0.1, 0.15) is 6.23 Å². The Morgan fingerprint density at radius 1 is 1.34 bits per heavy atom. The summed E-state index contributed by atoms with van der Waals surface area (Å²) in [7, 11) is -4.25. The normalized spacial score (nSPS) is 21.6. The SMILES string of the molecule is CCCCC(CCCC)OP(=O)(O)OC[C@@H]1CC[C@H](n2cc(F)c(=O)[nH]c2=O)O1.[HH]. The van der Waals surface area contributed by atoms with Crippen molar-refractivity contribution < 1.29 is 29.1 Å². The van der Waals surface area contributed by atoms with E-state index < -0.39 is 37.2 Å². The summed E-state index contributed by atoms with van der Waals surface area (Å²) in [6.07, 6.45) is 5.00. The van der Waals surface area contributed by atoms with Crippen molar-refractivity contribution in [3.8, 4) is 0 Å². The van der Waals surface area contributed by atoms with Gasteiger partial charge in [-0.25, -0.2) is 9.36 Å². The zero-order valence-electron chi connectivity index (χ0n) is 16.8. The summed E-state index contributed by atoms with van der Waals surface area (Å²) in [4.78, 5) is 34.9. The van der Waals surface area contributed by atoms with E-state index in [0.29, 0.717) is 25.7 Å². The number of hydrogen-bond acceptors (Lipinski definition) is 6. The molecule has 0 aromatic carbocycles. The van der Waals surface area contributed by atoms with E-state index in [1.807, 2.05) is 18.8 Å². The summed E-state index contributed by atoms with van der Waals surface area (Å²) < 4.78 is 42.8. The number of aromatic amines is 1. The molecule has 1 aromatic heterocycles. The number of phosphoric acid groups is 1. The highest BCUT2D eigenvalue weighted by Crippen LogP contribution is 2.46. The molecule has 0 aliphatic carbocycles. The minimum absolute atomic E-state index is 0. The van der Waals surface area contributed by atoms with Crippen LogP contribution in [0.3, 0.4) is 0 Å². The predicted octanol–water partition coefficient (Wildman–Crippen LogP) is 3.48. The lowest BCUT2D eigenvalue weighted by molar-refractivity contribution is -0.0287. The number of hydrogen-bond donors (Lipinski definition) is 2. The fourth-order valence-electron chi connectivity index (χ4n) is 3.20. The van der Waals surface area contributed by atoms with Crippen LogP contribution in [0.1, 0.15) is 72.9 Å². The largest absolute Gasteiger partial charge is 0.472 e. The zero-order chi connectivity index (χ0) is 21.4. The summed E-state index contributed by atoms with van der Waals surface area (Å²) in [5.41, 5.74) is -1.88. The van der Waals surface area contributed by atoms with E-state index in [1.165, 1.54) is 0 Å². The van der Waals surface area contributed by atoms with Crippen LogP contribution < -0.4 is 11.2 Å². The zero-order valence-corrected chi connectivity index (χ0v) is 17.7. The second-order valence-corrected chi connectivity index (χ2v) is 8.62. The number of rotatable bonds is 12. The van der Waals surface area contributed by atoms with Gasteiger partial charge in [0.25, 0.3) is 5.56 Å². The molecular formula is C18H32FN2O7P. The van der Waals surface area contributed by atoms with Gasteiger partial charge in [0.15, 0.2) is 0 Å². The molecule has 1 aliphatic heterocycles. The van der Waals surface area contributed by atoms with Gasteiger partial charge in [0.2, 0.25) is 5.82 Å². The van der Waals surface area contributed by atoms with Crippen LogP contribution in [0.15, 0.2) is 15.8 Å². The first-order valence-electron chi connectivity index (χ1n) is 10.1. The van der Waals surface area contributed by atoms with Crippen molar-refractivity contribution in [1.82, 2.24) is 9.55 Å². The standard InChI is InChI=1S/C18H30FN2O7P.H2/c1-3-5-7-13(8-6-4-2)28-29(24,25)26-12-14-9-10-16(27-14)21-11-15(19)17(22)20-18(21)23;/h11,13-14,16H,3-10,12H2,1-2H3,(H,24,25)(H,20,22,23);1H/t14-,16+;/m0./s1. The molecule has 0 bridgehead atoms. The van der Waals surface area contributed by atoms with E-state index in [4.69, 9.17) is 13.8 Å². The minimum Gasteiger partial charge on any atom is -0.352 e. The van der Waals surface area contributed by atoms with E-state index >= 15 is 0 Å². The summed E-state index contributed by atoms with van der Waals surface area (Å²) in [5.74, 6) is -1.09. The highest BCUT2D eigenvalue weighted by atomic mass is 31.2. The third-order valence-corrected chi connectivity index (χ3v) is 5.82. The Kier molecular flexibility index (Phi) is 9.23. The smallest absolute Gasteiger partial charge is 0.352 e. The summed E-state index contributed by atoms with van der Waals surface area (Å²) in [5, 5.41) is 0. The fourth-order valence-corrected chi connectivity index (χ4v) is 4.20. The molecule has 1 fully saturated rings. The number of H-pyrrole nitrogens is 1. The molecule has 2 N–H and O–H groups in total. The molecule has 1 saturated heterocycles. The Bertz CT molecular complexity index is 810. The lowest BCUT2D eigenvalue weighted by atomic mass is 10.1. The first-order chi connectivity index (χ1) is 13.8. The van der Waals surface area contributed by atoms with Crippen LogP contribution in [0.25, 0.3) is 0 Å². The van der Waals surface area contributed by atoms with Gasteiger partial charge < -0.3 is 9.63 Å². The number of aromatic nitrogens is 2. The van der Waals surface area contributed by atoms with Gasteiger partial charge in [-0.15, -0.1) is 0 Å². The van der Waals surface area contributed by atoms with E-state index in [0.717, 1.165) is 36.4 Å². The van der Waals surface area contributed by atoms with E-state index in [-0.39, 0.29) is 14.1 Å². The lowest BCUT2D eigenvalue weighted by Gasteiger charge is -2.22. The highest BCUT2D eigenvalue weighted by molar-refractivity contribution is 7.47. The average molecular weight is 438 g/mol. The molecule has 0 radical (unpaired) electrons. The second-order valence-electron chi connectivity index (χ2n) is 7.21. The molecule has 168 valence electrons. The summed E-state index contributed by atoms with van der Waals surface area (Å²) >= 11 is 0. The fraction of sp³-hybridized carbons (Fsp3) is 0.778. The van der Waals surface area contributed by atoms with Gasteiger partial charge in [-0.1, -0.05) is 39.5 Å². The first kappa shape index (κ1) is 24.0. The monoisotopic (exact) mass is 438 g/mol. The van der Waals surface area contributed by atoms with Gasteiger partial charge in [-0.3, -0.25) is 23.4 Å². The molecule has 9 nitrogen and oxygen atoms in total. The molecule has 0 saturated carbocycles. The molecule has 1 aromatic rings. The maximum atomic E-state index is 13.4. The summed E-state index contributed by atoms with van der Waals surface area (Å²) in [6.45, 7) is 3.89. The van der Waals surface area contributed by atoms with Crippen molar-refractivity contribution in [2.75, 3.05) is 6.61 Å². The second kappa shape index (κ2) is 11.2. The third kappa shape index (κ3) is 7.46. The molecule has 2 rings (SSSR count). The van der Waals surface area contributed by atoms with Crippen LogP contribution in [0.2, 0.25) is 0 Å². The molecule has 11 heteroatoms. The maximum absolute atomic E-state index is 13.4.